The van der Waals surface area contributed by atoms with Gasteiger partial charge in [-0.2, -0.15) is 0 Å². The smallest absolute Gasteiger partial charge is 0.159 e. The predicted molar refractivity (Wildman–Crippen MR) is 119 cm³/mol. The molecule has 4 rings (SSSR count). The summed E-state index contributed by atoms with van der Waals surface area (Å²) >= 11 is 0. The third kappa shape index (κ3) is 5.09. The van der Waals surface area contributed by atoms with E-state index < -0.39 is 6.10 Å². The zero-order valence-electron chi connectivity index (χ0n) is 17.8. The molecule has 0 unspecified atom stereocenters. The first-order valence-electron chi connectivity index (χ1n) is 11.1. The average molecular weight is 409 g/mol. The number of benzene rings is 2. The Morgan fingerprint density at radius 1 is 1.10 bits per heavy atom. The molecular formula is C25H32N2O3. The van der Waals surface area contributed by atoms with Crippen LogP contribution in [0.15, 0.2) is 48.5 Å². The van der Waals surface area contributed by atoms with Gasteiger partial charge >= 0.3 is 0 Å². The summed E-state index contributed by atoms with van der Waals surface area (Å²) in [6, 6.07) is 16.4. The molecule has 5 heteroatoms. The minimum absolute atomic E-state index is 0.0966. The number of nitrogens with zero attached hydrogens (tertiary/aromatic N) is 2. The number of carbonyl (C=O) groups is 1. The second-order valence-electron chi connectivity index (χ2n) is 8.46. The quantitative estimate of drug-likeness (QED) is 0.711. The van der Waals surface area contributed by atoms with E-state index in [9.17, 15) is 9.90 Å². The lowest BCUT2D eigenvalue weighted by Crippen LogP contribution is -2.49. The Morgan fingerprint density at radius 3 is 2.57 bits per heavy atom. The minimum atomic E-state index is -0.472. The van der Waals surface area contributed by atoms with Gasteiger partial charge in [0.2, 0.25) is 0 Å². The van der Waals surface area contributed by atoms with Gasteiger partial charge in [-0.25, -0.2) is 0 Å². The van der Waals surface area contributed by atoms with Crippen molar-refractivity contribution in [1.82, 2.24) is 4.90 Å². The molecule has 2 aromatic rings. The molecule has 1 N–H and O–H groups in total. The standard InChI is InChI=1S/C25H32N2O3/c1-19(28)20-9-11-22(12-10-20)27-15-13-26(14-16-27)17-23(29)18-30-25-8-4-6-21-5-2-3-7-24(21)25/h2-3,5,7,9-12,23,25,29H,4,6,8,13-18H2,1H3/t23-,25+/m0/s1. The molecular weight excluding hydrogens is 376 g/mol. The topological polar surface area (TPSA) is 53.0 Å². The number of β-amino-alcohol motifs (C(OH)–C–C–N with tert-alkyl or cyclic N) is 1. The summed E-state index contributed by atoms with van der Waals surface area (Å²) < 4.78 is 6.12. The van der Waals surface area contributed by atoms with Gasteiger partial charge in [0.05, 0.1) is 18.8 Å². The maximum absolute atomic E-state index is 11.4. The molecule has 2 atom stereocenters. The van der Waals surface area contributed by atoms with E-state index in [4.69, 9.17) is 4.74 Å². The Labute approximate surface area is 179 Å². The molecule has 1 saturated heterocycles. The average Bonchev–Trinajstić information content (AvgIpc) is 2.78. The lowest BCUT2D eigenvalue weighted by Gasteiger charge is -2.37. The molecule has 0 aromatic heterocycles. The number of Topliss-reactive ketones (excluding diaryl/α,β-unsaturated/α-hetero) is 1. The summed E-state index contributed by atoms with van der Waals surface area (Å²) in [5.74, 6) is 0.0966. The summed E-state index contributed by atoms with van der Waals surface area (Å²) in [4.78, 5) is 16.1. The van der Waals surface area contributed by atoms with Crippen LogP contribution in [0.5, 0.6) is 0 Å². The van der Waals surface area contributed by atoms with E-state index in [2.05, 4.69) is 34.1 Å². The van der Waals surface area contributed by atoms with Crippen molar-refractivity contribution in [1.29, 1.82) is 0 Å². The van der Waals surface area contributed by atoms with Gasteiger partial charge in [0.1, 0.15) is 0 Å². The first kappa shape index (κ1) is 21.0. The summed E-state index contributed by atoms with van der Waals surface area (Å²) in [5.41, 5.74) is 4.58. The zero-order valence-corrected chi connectivity index (χ0v) is 17.8. The number of aryl methyl sites for hydroxylation is 1. The zero-order chi connectivity index (χ0) is 20.9. The van der Waals surface area contributed by atoms with E-state index in [1.807, 2.05) is 24.3 Å². The number of hydrogen-bond donors (Lipinski definition) is 1. The highest BCUT2D eigenvalue weighted by Gasteiger charge is 2.23. The van der Waals surface area contributed by atoms with Crippen molar-refractivity contribution < 1.29 is 14.6 Å². The largest absolute Gasteiger partial charge is 0.389 e. The molecule has 2 aliphatic rings. The fourth-order valence-corrected chi connectivity index (χ4v) is 4.56. The molecule has 2 aromatic carbocycles. The molecule has 1 aliphatic heterocycles. The molecule has 1 aliphatic carbocycles. The number of anilines is 1. The van der Waals surface area contributed by atoms with E-state index in [0.717, 1.165) is 56.7 Å². The van der Waals surface area contributed by atoms with Gasteiger partial charge in [-0.1, -0.05) is 24.3 Å². The van der Waals surface area contributed by atoms with Crippen LogP contribution in [-0.2, 0) is 11.2 Å². The van der Waals surface area contributed by atoms with Gasteiger partial charge < -0.3 is 14.7 Å². The van der Waals surface area contributed by atoms with Crippen LogP contribution in [0.1, 0.15) is 47.4 Å². The molecule has 1 fully saturated rings. The molecule has 0 radical (unpaired) electrons. The maximum Gasteiger partial charge on any atom is 0.159 e. The summed E-state index contributed by atoms with van der Waals surface area (Å²) in [5, 5.41) is 10.5. The molecule has 0 saturated carbocycles. The Bertz CT molecular complexity index is 844. The number of rotatable bonds is 7. The predicted octanol–water partition coefficient (Wildman–Crippen LogP) is 3.47. The van der Waals surface area contributed by atoms with Crippen molar-refractivity contribution in [3.05, 3.63) is 65.2 Å². The number of aliphatic hydroxyl groups is 1. The Balaban J connectivity index is 1.22. The number of carbonyl (C=O) groups excluding carboxylic acids is 1. The fourth-order valence-electron chi connectivity index (χ4n) is 4.56. The van der Waals surface area contributed by atoms with Crippen LogP contribution in [-0.4, -0.2) is 61.2 Å². The van der Waals surface area contributed by atoms with Crippen molar-refractivity contribution in [2.24, 2.45) is 0 Å². The third-order valence-electron chi connectivity index (χ3n) is 6.28. The van der Waals surface area contributed by atoms with Crippen LogP contribution >= 0.6 is 0 Å². The van der Waals surface area contributed by atoms with E-state index in [1.54, 1.807) is 6.92 Å². The lowest BCUT2D eigenvalue weighted by molar-refractivity contribution is -0.0285. The second-order valence-corrected chi connectivity index (χ2v) is 8.46. The van der Waals surface area contributed by atoms with E-state index in [0.29, 0.717) is 13.2 Å². The highest BCUT2D eigenvalue weighted by Crippen LogP contribution is 2.32. The van der Waals surface area contributed by atoms with E-state index >= 15 is 0 Å². The van der Waals surface area contributed by atoms with Crippen LogP contribution < -0.4 is 4.90 Å². The Hall–Kier alpha value is -2.21. The first-order chi connectivity index (χ1) is 14.6. The van der Waals surface area contributed by atoms with Crippen LogP contribution in [0.3, 0.4) is 0 Å². The van der Waals surface area contributed by atoms with Gasteiger partial charge in [-0.15, -0.1) is 0 Å². The number of aliphatic hydroxyl groups excluding tert-OH is 1. The monoisotopic (exact) mass is 408 g/mol. The minimum Gasteiger partial charge on any atom is -0.389 e. The first-order valence-corrected chi connectivity index (χ1v) is 11.1. The number of piperazine rings is 1. The maximum atomic E-state index is 11.4. The summed E-state index contributed by atoms with van der Waals surface area (Å²) in [6.45, 7) is 6.29. The Morgan fingerprint density at radius 2 is 1.83 bits per heavy atom. The van der Waals surface area contributed by atoms with Crippen LogP contribution in [0, 0.1) is 0 Å². The van der Waals surface area contributed by atoms with Gasteiger partial charge in [-0.3, -0.25) is 9.69 Å². The van der Waals surface area contributed by atoms with Crippen molar-refractivity contribution in [3.8, 4) is 0 Å². The highest BCUT2D eigenvalue weighted by atomic mass is 16.5. The Kier molecular flexibility index (Phi) is 6.82. The van der Waals surface area contributed by atoms with E-state index in [-0.39, 0.29) is 11.9 Å². The number of hydrogen-bond acceptors (Lipinski definition) is 5. The number of fused-ring (bicyclic) bond motifs is 1. The van der Waals surface area contributed by atoms with Gasteiger partial charge in [0.25, 0.3) is 0 Å². The van der Waals surface area contributed by atoms with Gasteiger partial charge in [0.15, 0.2) is 5.78 Å². The van der Waals surface area contributed by atoms with Crippen molar-refractivity contribution in [3.63, 3.8) is 0 Å². The molecule has 1 heterocycles. The normalized spacial score (nSPS) is 20.6. The van der Waals surface area contributed by atoms with E-state index in [1.165, 1.54) is 11.1 Å². The van der Waals surface area contributed by atoms with Gasteiger partial charge in [0, 0.05) is 44.0 Å². The fraction of sp³-hybridized carbons (Fsp3) is 0.480. The molecule has 0 spiro atoms. The van der Waals surface area contributed by atoms with Crippen molar-refractivity contribution in [2.75, 3.05) is 44.2 Å². The summed E-state index contributed by atoms with van der Waals surface area (Å²) in [6.07, 6.45) is 2.94. The number of ketones is 1. The lowest BCUT2D eigenvalue weighted by atomic mass is 9.89. The highest BCUT2D eigenvalue weighted by molar-refractivity contribution is 5.94. The summed E-state index contributed by atoms with van der Waals surface area (Å²) in [7, 11) is 0. The van der Waals surface area contributed by atoms with Crippen LogP contribution in [0.25, 0.3) is 0 Å². The molecule has 0 amide bonds. The SMILES string of the molecule is CC(=O)c1ccc(N2CCN(C[C@H](O)CO[C@@H]3CCCc4ccccc43)CC2)cc1. The number of ether oxygens (including phenoxy) is 1. The molecule has 0 bridgehead atoms. The second kappa shape index (κ2) is 9.73. The van der Waals surface area contributed by atoms with Crippen LogP contribution in [0.4, 0.5) is 5.69 Å². The third-order valence-corrected chi connectivity index (χ3v) is 6.28. The van der Waals surface area contributed by atoms with Crippen LogP contribution in [0.2, 0.25) is 0 Å². The van der Waals surface area contributed by atoms with Gasteiger partial charge in [-0.05, 0) is 61.6 Å². The van der Waals surface area contributed by atoms with Crippen molar-refractivity contribution >= 4 is 11.5 Å². The molecule has 30 heavy (non-hydrogen) atoms. The molecule has 160 valence electrons. The molecule has 5 nitrogen and oxygen atoms in total. The van der Waals surface area contributed by atoms with Crippen molar-refractivity contribution in [2.45, 2.75) is 38.4 Å².